The van der Waals surface area contributed by atoms with E-state index in [2.05, 4.69) is 15.3 Å². The Hall–Kier alpha value is -3.68. The van der Waals surface area contributed by atoms with Crippen LogP contribution in [0.25, 0.3) is 10.9 Å². The van der Waals surface area contributed by atoms with Crippen LogP contribution < -0.4 is 14.8 Å². The molecule has 35 heavy (non-hydrogen) atoms. The quantitative estimate of drug-likeness (QED) is 0.493. The molecule has 2 aromatic carbocycles. The van der Waals surface area contributed by atoms with E-state index in [4.69, 9.17) is 26.3 Å². The fourth-order valence-corrected chi connectivity index (χ4v) is 4.26. The number of amides is 1. The summed E-state index contributed by atoms with van der Waals surface area (Å²) in [6, 6.07) is 9.71. The molecule has 182 valence electrons. The molecule has 1 aromatic heterocycles. The second kappa shape index (κ2) is 10.3. The highest BCUT2D eigenvalue weighted by molar-refractivity contribution is 6.31. The van der Waals surface area contributed by atoms with Crippen molar-refractivity contribution in [3.05, 3.63) is 47.5 Å². The monoisotopic (exact) mass is 498 g/mol. The summed E-state index contributed by atoms with van der Waals surface area (Å²) in [5.41, 5.74) is 0.750. The highest BCUT2D eigenvalue weighted by Crippen LogP contribution is 2.37. The molecule has 1 saturated heterocycles. The Morgan fingerprint density at radius 2 is 2.17 bits per heavy atom. The molecule has 1 aliphatic heterocycles. The number of fused-ring (bicyclic) bond motifs is 1. The van der Waals surface area contributed by atoms with Gasteiger partial charge in [0.2, 0.25) is 5.91 Å². The first-order valence-electron chi connectivity index (χ1n) is 10.8. The topological polar surface area (TPSA) is 104 Å². The van der Waals surface area contributed by atoms with E-state index in [-0.39, 0.29) is 29.3 Å². The fraction of sp³-hybridized carbons (Fsp3) is 0.333. The number of nitrogens with one attached hydrogen (secondary N) is 1. The second-order valence-corrected chi connectivity index (χ2v) is 8.66. The molecule has 0 unspecified atom stereocenters. The smallest absolute Gasteiger partial charge is 0.240 e. The normalized spacial score (nSPS) is 17.7. The minimum absolute atomic E-state index is 0.00563. The number of halogens is 2. The number of carbonyl (C=O) groups excluding carboxylic acids is 1. The van der Waals surface area contributed by atoms with Crippen LogP contribution in [0.5, 0.6) is 11.5 Å². The number of methoxy groups -OCH3 is 1. The van der Waals surface area contributed by atoms with Crippen molar-refractivity contribution in [3.63, 3.8) is 0 Å². The number of likely N-dealkylation sites (N-methyl/N-ethyl adjacent to an activating group) is 2. The molecular weight excluding hydrogens is 475 g/mol. The van der Waals surface area contributed by atoms with Crippen molar-refractivity contribution in [1.82, 2.24) is 19.8 Å². The third-order valence-electron chi connectivity index (χ3n) is 5.90. The van der Waals surface area contributed by atoms with Gasteiger partial charge in [-0.3, -0.25) is 9.69 Å². The molecule has 0 bridgehead atoms. The number of carbonyl (C=O) groups is 1. The summed E-state index contributed by atoms with van der Waals surface area (Å²) in [7, 11) is 4.98. The zero-order chi connectivity index (χ0) is 25.1. The van der Waals surface area contributed by atoms with Crippen molar-refractivity contribution in [1.29, 1.82) is 5.26 Å². The van der Waals surface area contributed by atoms with Gasteiger partial charge in [0.25, 0.3) is 0 Å². The summed E-state index contributed by atoms with van der Waals surface area (Å²) < 4.78 is 26.2. The van der Waals surface area contributed by atoms with Gasteiger partial charge in [-0.15, -0.1) is 0 Å². The maximum atomic E-state index is 14.5. The molecule has 1 N–H and O–H groups in total. The van der Waals surface area contributed by atoms with Crippen LogP contribution in [0, 0.1) is 17.1 Å². The van der Waals surface area contributed by atoms with Crippen LogP contribution in [0.3, 0.4) is 0 Å². The summed E-state index contributed by atoms with van der Waals surface area (Å²) >= 11 is 5.91. The predicted octanol–water partition coefficient (Wildman–Crippen LogP) is 3.61. The number of hydrogen-bond donors (Lipinski definition) is 1. The first-order chi connectivity index (χ1) is 16.8. The Morgan fingerprint density at radius 1 is 1.37 bits per heavy atom. The van der Waals surface area contributed by atoms with Crippen molar-refractivity contribution >= 4 is 39.9 Å². The highest BCUT2D eigenvalue weighted by atomic mass is 35.5. The SMILES string of the molecule is COc1cc2ncnc(Nc3cccc(Cl)c3F)c2cc1O[C@H]1C[C@H](C(=O)N(C)CC#N)N(C)C1. The van der Waals surface area contributed by atoms with E-state index in [0.717, 1.165) is 0 Å². The number of benzene rings is 2. The lowest BCUT2D eigenvalue weighted by Crippen LogP contribution is -2.42. The largest absolute Gasteiger partial charge is 0.493 e. The number of aromatic nitrogens is 2. The fourth-order valence-electron chi connectivity index (χ4n) is 4.09. The standard InChI is InChI=1S/C24H24ClFN6O3/c1-31(8-7-27)24(33)19-9-14(12-32(19)2)35-21-10-15-18(11-20(21)34-3)28-13-29-23(15)30-17-6-4-5-16(25)22(17)26/h4-6,10-11,13-14,19H,8-9,12H2,1-3H3,(H,28,29,30)/t14-,19+/m0/s1. The minimum atomic E-state index is -0.586. The lowest BCUT2D eigenvalue weighted by molar-refractivity contribution is -0.133. The molecule has 0 aliphatic carbocycles. The Kier molecular flexibility index (Phi) is 7.19. The van der Waals surface area contributed by atoms with Gasteiger partial charge in [-0.05, 0) is 25.2 Å². The molecule has 0 radical (unpaired) electrons. The molecule has 1 fully saturated rings. The summed E-state index contributed by atoms with van der Waals surface area (Å²) in [5, 5.41) is 12.5. The number of likely N-dealkylation sites (tertiary alicyclic amines) is 1. The van der Waals surface area contributed by atoms with Gasteiger partial charge in [0.15, 0.2) is 17.3 Å². The zero-order valence-electron chi connectivity index (χ0n) is 19.5. The minimum Gasteiger partial charge on any atom is -0.493 e. The summed E-state index contributed by atoms with van der Waals surface area (Å²) in [5.74, 6) is 0.570. The van der Waals surface area contributed by atoms with Gasteiger partial charge < -0.3 is 19.7 Å². The molecular formula is C24H24ClFN6O3. The number of hydrogen-bond acceptors (Lipinski definition) is 8. The second-order valence-electron chi connectivity index (χ2n) is 8.25. The van der Waals surface area contributed by atoms with Gasteiger partial charge in [0.05, 0.1) is 35.4 Å². The molecule has 1 aliphatic rings. The molecule has 2 heterocycles. The van der Waals surface area contributed by atoms with Gasteiger partial charge >= 0.3 is 0 Å². The van der Waals surface area contributed by atoms with Crippen LogP contribution in [-0.2, 0) is 4.79 Å². The van der Waals surface area contributed by atoms with Gasteiger partial charge in [0, 0.05) is 31.5 Å². The Morgan fingerprint density at radius 3 is 2.91 bits per heavy atom. The lowest BCUT2D eigenvalue weighted by Gasteiger charge is -2.22. The van der Waals surface area contributed by atoms with Crippen molar-refractivity contribution in [2.24, 2.45) is 0 Å². The first kappa shape index (κ1) is 24.4. The molecule has 0 saturated carbocycles. The van der Waals surface area contributed by atoms with Crippen molar-refractivity contribution in [3.8, 4) is 17.6 Å². The molecule has 11 heteroatoms. The van der Waals surface area contributed by atoms with Gasteiger partial charge in [-0.1, -0.05) is 17.7 Å². The Labute approximate surface area is 207 Å². The number of nitriles is 1. The maximum Gasteiger partial charge on any atom is 0.240 e. The molecule has 2 atom stereocenters. The van der Waals surface area contributed by atoms with Crippen LogP contribution in [0.1, 0.15) is 6.42 Å². The van der Waals surface area contributed by atoms with Crippen LogP contribution in [0.15, 0.2) is 36.7 Å². The third-order valence-corrected chi connectivity index (χ3v) is 6.19. The van der Waals surface area contributed by atoms with E-state index in [1.165, 1.54) is 24.4 Å². The molecule has 3 aromatic rings. The number of rotatable bonds is 7. The lowest BCUT2D eigenvalue weighted by atomic mass is 10.1. The molecule has 0 spiro atoms. The van der Waals surface area contributed by atoms with Gasteiger partial charge in [0.1, 0.15) is 24.8 Å². The van der Waals surface area contributed by atoms with Crippen molar-refractivity contribution in [2.75, 3.05) is 39.6 Å². The zero-order valence-corrected chi connectivity index (χ0v) is 20.2. The van der Waals surface area contributed by atoms with Crippen molar-refractivity contribution < 1.29 is 18.7 Å². The predicted molar refractivity (Wildman–Crippen MR) is 129 cm³/mol. The number of ether oxygens (including phenoxy) is 2. The Balaban J connectivity index is 1.62. The highest BCUT2D eigenvalue weighted by Gasteiger charge is 2.37. The average molecular weight is 499 g/mol. The average Bonchev–Trinajstić information content (AvgIpc) is 3.21. The molecule has 4 rings (SSSR count). The van der Waals surface area contributed by atoms with E-state index >= 15 is 0 Å². The van der Waals surface area contributed by atoms with Gasteiger partial charge in [-0.25, -0.2) is 14.4 Å². The molecule has 1 amide bonds. The summed E-state index contributed by atoms with van der Waals surface area (Å²) in [6.45, 7) is 0.540. The Bertz CT molecular complexity index is 1300. The first-order valence-corrected chi connectivity index (χ1v) is 11.2. The van der Waals surface area contributed by atoms with Crippen LogP contribution >= 0.6 is 11.6 Å². The van der Waals surface area contributed by atoms with Crippen molar-refractivity contribution in [2.45, 2.75) is 18.6 Å². The maximum absolute atomic E-state index is 14.5. The van der Waals surface area contributed by atoms with E-state index in [0.29, 0.717) is 41.2 Å². The van der Waals surface area contributed by atoms with E-state index in [1.807, 2.05) is 18.0 Å². The van der Waals surface area contributed by atoms with E-state index < -0.39 is 11.9 Å². The van der Waals surface area contributed by atoms with E-state index in [9.17, 15) is 9.18 Å². The van der Waals surface area contributed by atoms with Crippen LogP contribution in [-0.4, -0.2) is 72.1 Å². The van der Waals surface area contributed by atoms with E-state index in [1.54, 1.807) is 31.3 Å². The van der Waals surface area contributed by atoms with Gasteiger partial charge in [-0.2, -0.15) is 5.26 Å². The van der Waals surface area contributed by atoms with Crippen LogP contribution in [0.4, 0.5) is 15.9 Å². The number of anilines is 2. The summed E-state index contributed by atoms with van der Waals surface area (Å²) in [6.07, 6.45) is 1.53. The summed E-state index contributed by atoms with van der Waals surface area (Å²) in [4.78, 5) is 24.6. The molecule has 9 nitrogen and oxygen atoms in total. The number of nitrogens with zero attached hydrogens (tertiary/aromatic N) is 5. The van der Waals surface area contributed by atoms with Crippen LogP contribution in [0.2, 0.25) is 5.02 Å². The third kappa shape index (κ3) is 5.06.